The van der Waals surface area contributed by atoms with Crippen molar-refractivity contribution in [2.45, 2.75) is 30.7 Å². The van der Waals surface area contributed by atoms with Gasteiger partial charge >= 0.3 is 0 Å². The Kier molecular flexibility index (Phi) is 4.99. The van der Waals surface area contributed by atoms with Crippen LogP contribution in [0.4, 0.5) is 0 Å². The van der Waals surface area contributed by atoms with E-state index in [9.17, 15) is 4.79 Å². The maximum absolute atomic E-state index is 12.0. The van der Waals surface area contributed by atoms with E-state index in [-0.39, 0.29) is 11.2 Å². The van der Waals surface area contributed by atoms with Gasteiger partial charge in [-0.25, -0.2) is 4.98 Å². The minimum atomic E-state index is -0.143. The SMILES string of the molecule is Cc1ccc(SC(C)C(=O)NCc2cccs2)nc1. The van der Waals surface area contributed by atoms with Crippen molar-refractivity contribution in [3.05, 3.63) is 46.3 Å². The molecule has 0 aliphatic rings. The number of thiophene rings is 1. The Balaban J connectivity index is 1.83. The molecular formula is C14H16N2OS2. The highest BCUT2D eigenvalue weighted by Crippen LogP contribution is 2.21. The highest BCUT2D eigenvalue weighted by Gasteiger charge is 2.14. The van der Waals surface area contributed by atoms with Crippen LogP contribution in [0.25, 0.3) is 0 Å². The minimum absolute atomic E-state index is 0.0424. The van der Waals surface area contributed by atoms with Crippen LogP contribution in [0.3, 0.4) is 0 Å². The monoisotopic (exact) mass is 292 g/mol. The number of hydrogen-bond acceptors (Lipinski definition) is 4. The fourth-order valence-electron chi connectivity index (χ4n) is 1.49. The number of aromatic nitrogens is 1. The zero-order chi connectivity index (χ0) is 13.7. The number of thioether (sulfide) groups is 1. The molecule has 2 aromatic heterocycles. The second-order valence-corrected chi connectivity index (χ2v) is 6.62. The summed E-state index contributed by atoms with van der Waals surface area (Å²) in [6.07, 6.45) is 1.82. The molecule has 1 unspecified atom stereocenters. The van der Waals surface area contributed by atoms with E-state index in [1.807, 2.05) is 49.7 Å². The first-order valence-electron chi connectivity index (χ1n) is 6.04. The first-order chi connectivity index (χ1) is 9.15. The van der Waals surface area contributed by atoms with E-state index in [2.05, 4.69) is 10.3 Å². The molecule has 2 aromatic rings. The van der Waals surface area contributed by atoms with Gasteiger partial charge in [0, 0.05) is 11.1 Å². The van der Waals surface area contributed by atoms with Gasteiger partial charge in [-0.2, -0.15) is 0 Å². The molecule has 0 radical (unpaired) electrons. The number of carbonyl (C=O) groups excluding carboxylic acids is 1. The Hall–Kier alpha value is -1.33. The van der Waals surface area contributed by atoms with Crippen LogP contribution in [0.5, 0.6) is 0 Å². The van der Waals surface area contributed by atoms with Crippen molar-refractivity contribution < 1.29 is 4.79 Å². The number of rotatable bonds is 5. The Morgan fingerprint density at radius 3 is 2.95 bits per heavy atom. The standard InChI is InChI=1S/C14H16N2OS2/c1-10-5-6-13(15-8-10)19-11(2)14(17)16-9-12-4-3-7-18-12/h3-8,11H,9H2,1-2H3,(H,16,17). The molecule has 1 atom stereocenters. The topological polar surface area (TPSA) is 42.0 Å². The maximum atomic E-state index is 12.0. The van der Waals surface area contributed by atoms with Crippen molar-refractivity contribution in [1.29, 1.82) is 0 Å². The van der Waals surface area contributed by atoms with Gasteiger partial charge in [-0.15, -0.1) is 11.3 Å². The van der Waals surface area contributed by atoms with Gasteiger partial charge in [0.1, 0.15) is 0 Å². The van der Waals surface area contributed by atoms with E-state index < -0.39 is 0 Å². The largest absolute Gasteiger partial charge is 0.350 e. The van der Waals surface area contributed by atoms with E-state index in [0.29, 0.717) is 6.54 Å². The maximum Gasteiger partial charge on any atom is 0.233 e. The fraction of sp³-hybridized carbons (Fsp3) is 0.286. The Morgan fingerprint density at radius 2 is 2.32 bits per heavy atom. The van der Waals surface area contributed by atoms with E-state index >= 15 is 0 Å². The number of amides is 1. The third-order valence-electron chi connectivity index (χ3n) is 2.57. The summed E-state index contributed by atoms with van der Waals surface area (Å²) in [6.45, 7) is 4.50. The summed E-state index contributed by atoms with van der Waals surface area (Å²) in [4.78, 5) is 17.4. The lowest BCUT2D eigenvalue weighted by atomic mass is 10.3. The van der Waals surface area contributed by atoms with E-state index in [4.69, 9.17) is 0 Å². The zero-order valence-electron chi connectivity index (χ0n) is 10.9. The van der Waals surface area contributed by atoms with Gasteiger partial charge in [0.2, 0.25) is 5.91 Å². The molecule has 1 N–H and O–H groups in total. The molecule has 19 heavy (non-hydrogen) atoms. The lowest BCUT2D eigenvalue weighted by Gasteiger charge is -2.10. The molecule has 3 nitrogen and oxygen atoms in total. The molecular weight excluding hydrogens is 276 g/mol. The predicted octanol–water partition coefficient (Wildman–Crippen LogP) is 3.25. The van der Waals surface area contributed by atoms with Crippen molar-refractivity contribution in [2.24, 2.45) is 0 Å². The van der Waals surface area contributed by atoms with Gasteiger partial charge in [0.25, 0.3) is 0 Å². The van der Waals surface area contributed by atoms with Gasteiger partial charge in [-0.1, -0.05) is 23.9 Å². The van der Waals surface area contributed by atoms with Crippen molar-refractivity contribution in [3.63, 3.8) is 0 Å². The van der Waals surface area contributed by atoms with Crippen LogP contribution in [0.1, 0.15) is 17.4 Å². The average molecular weight is 292 g/mol. The zero-order valence-corrected chi connectivity index (χ0v) is 12.6. The molecule has 0 saturated carbocycles. The van der Waals surface area contributed by atoms with Crippen LogP contribution >= 0.6 is 23.1 Å². The lowest BCUT2D eigenvalue weighted by Crippen LogP contribution is -2.30. The quantitative estimate of drug-likeness (QED) is 0.860. The summed E-state index contributed by atoms with van der Waals surface area (Å²) in [7, 11) is 0. The molecule has 1 amide bonds. The molecule has 0 saturated heterocycles. The van der Waals surface area contributed by atoms with Gasteiger partial charge in [0.05, 0.1) is 16.8 Å². The minimum Gasteiger partial charge on any atom is -0.350 e. The summed E-state index contributed by atoms with van der Waals surface area (Å²) in [5.41, 5.74) is 1.12. The second-order valence-electron chi connectivity index (χ2n) is 4.23. The molecule has 0 aliphatic carbocycles. The fourth-order valence-corrected chi connectivity index (χ4v) is 2.95. The molecule has 0 aromatic carbocycles. The predicted molar refractivity (Wildman–Crippen MR) is 80.5 cm³/mol. The van der Waals surface area contributed by atoms with Gasteiger partial charge in [-0.05, 0) is 36.9 Å². The number of carbonyl (C=O) groups is 1. The van der Waals surface area contributed by atoms with E-state index in [0.717, 1.165) is 10.6 Å². The van der Waals surface area contributed by atoms with Crippen LogP contribution in [0, 0.1) is 6.92 Å². The lowest BCUT2D eigenvalue weighted by molar-refractivity contribution is -0.120. The first-order valence-corrected chi connectivity index (χ1v) is 7.80. The summed E-state index contributed by atoms with van der Waals surface area (Å²) in [5, 5.41) is 5.68. The molecule has 0 fully saturated rings. The Bertz CT molecular complexity index is 523. The third kappa shape index (κ3) is 4.36. The highest BCUT2D eigenvalue weighted by atomic mass is 32.2. The van der Waals surface area contributed by atoms with Crippen LogP contribution < -0.4 is 5.32 Å². The molecule has 5 heteroatoms. The number of aryl methyl sites for hydroxylation is 1. The van der Waals surface area contributed by atoms with Gasteiger partial charge in [0.15, 0.2) is 0 Å². The number of pyridine rings is 1. The summed E-state index contributed by atoms with van der Waals surface area (Å²) in [6, 6.07) is 7.96. The van der Waals surface area contributed by atoms with Crippen molar-refractivity contribution >= 4 is 29.0 Å². The van der Waals surface area contributed by atoms with Crippen LogP contribution in [0.15, 0.2) is 40.9 Å². The first kappa shape index (κ1) is 14.1. The molecule has 2 heterocycles. The van der Waals surface area contributed by atoms with Gasteiger partial charge < -0.3 is 5.32 Å². The third-order valence-corrected chi connectivity index (χ3v) is 4.49. The number of nitrogens with zero attached hydrogens (tertiary/aromatic N) is 1. The highest BCUT2D eigenvalue weighted by molar-refractivity contribution is 8.00. The van der Waals surface area contributed by atoms with Crippen molar-refractivity contribution in [2.75, 3.05) is 0 Å². The smallest absolute Gasteiger partial charge is 0.233 e. The number of nitrogens with one attached hydrogen (secondary N) is 1. The Labute approximate surface area is 121 Å². The average Bonchev–Trinajstić information content (AvgIpc) is 2.91. The summed E-state index contributed by atoms with van der Waals surface area (Å²) >= 11 is 3.13. The Morgan fingerprint density at radius 1 is 1.47 bits per heavy atom. The van der Waals surface area contributed by atoms with Gasteiger partial charge in [-0.3, -0.25) is 4.79 Å². The van der Waals surface area contributed by atoms with Crippen molar-refractivity contribution in [1.82, 2.24) is 10.3 Å². The summed E-state index contributed by atoms with van der Waals surface area (Å²) in [5.74, 6) is 0.0424. The number of hydrogen-bond donors (Lipinski definition) is 1. The molecule has 0 aliphatic heterocycles. The van der Waals surface area contributed by atoms with Crippen LogP contribution in [-0.2, 0) is 11.3 Å². The molecule has 0 spiro atoms. The van der Waals surface area contributed by atoms with Crippen LogP contribution in [0.2, 0.25) is 0 Å². The summed E-state index contributed by atoms with van der Waals surface area (Å²) < 4.78 is 0. The van der Waals surface area contributed by atoms with Crippen LogP contribution in [-0.4, -0.2) is 16.1 Å². The normalized spacial score (nSPS) is 12.1. The molecule has 0 bridgehead atoms. The molecule has 2 rings (SSSR count). The molecule has 100 valence electrons. The van der Waals surface area contributed by atoms with E-state index in [1.54, 1.807) is 11.3 Å². The van der Waals surface area contributed by atoms with Crippen molar-refractivity contribution in [3.8, 4) is 0 Å². The second kappa shape index (κ2) is 6.73. The van der Waals surface area contributed by atoms with E-state index in [1.165, 1.54) is 16.6 Å².